The summed E-state index contributed by atoms with van der Waals surface area (Å²) in [5.74, 6) is -4.09. The van der Waals surface area contributed by atoms with Crippen molar-refractivity contribution in [3.05, 3.63) is 77.4 Å². The Balaban J connectivity index is 1.49. The topological polar surface area (TPSA) is 81.7 Å². The predicted octanol–water partition coefficient (Wildman–Crippen LogP) is 6.07. The molecule has 3 aromatic rings. The largest absolute Gasteiger partial charge is 0.480 e. The quantitative estimate of drug-likeness (QED) is 0.192. The highest BCUT2D eigenvalue weighted by molar-refractivity contribution is 8.36. The summed E-state index contributed by atoms with van der Waals surface area (Å²) in [5, 5.41) is 11.5. The zero-order valence-corrected chi connectivity index (χ0v) is 20.9. The van der Waals surface area contributed by atoms with Gasteiger partial charge in [-0.15, -0.1) is 4.48 Å². The molecule has 10 heteroatoms. The molecular weight excluding hydrogens is 491 g/mol. The number of fused-ring (bicyclic) bond motifs is 1. The number of nitrogens with one attached hydrogen (secondary N) is 2. The van der Waals surface area contributed by atoms with Crippen LogP contribution in [0, 0.1) is 24.5 Å². The Hall–Kier alpha value is -3.50. The van der Waals surface area contributed by atoms with E-state index in [4.69, 9.17) is 0 Å². The Morgan fingerprint density at radius 3 is 2.14 bits per heavy atom. The lowest BCUT2D eigenvalue weighted by molar-refractivity contribution is -0.140. The zero-order valence-electron chi connectivity index (χ0n) is 20.1. The van der Waals surface area contributed by atoms with Crippen molar-refractivity contribution >= 4 is 27.8 Å². The molecule has 190 valence electrons. The normalized spacial score (nSPS) is 18.8. The molecule has 2 atom stereocenters. The van der Waals surface area contributed by atoms with Gasteiger partial charge < -0.3 is 10.4 Å². The molecule has 4 rings (SSSR count). The monoisotopic (exact) mass is 517 g/mol. The minimum Gasteiger partial charge on any atom is -0.480 e. The summed E-state index contributed by atoms with van der Waals surface area (Å²) in [6.07, 6.45) is 1.77. The number of anilines is 1. The molecule has 2 unspecified atom stereocenters. The van der Waals surface area contributed by atoms with Crippen LogP contribution in [0.25, 0.3) is 11.1 Å². The summed E-state index contributed by atoms with van der Waals surface area (Å²) in [4.78, 5) is 25.5. The molecule has 0 saturated heterocycles. The van der Waals surface area contributed by atoms with Gasteiger partial charge in [-0.05, 0) is 76.8 Å². The van der Waals surface area contributed by atoms with Gasteiger partial charge in [0, 0.05) is 9.79 Å². The minimum atomic E-state index is -1.99. The number of hydrazine groups is 1. The van der Waals surface area contributed by atoms with E-state index in [1.165, 1.54) is 24.3 Å². The molecule has 0 spiro atoms. The van der Waals surface area contributed by atoms with Crippen molar-refractivity contribution in [2.75, 3.05) is 11.7 Å². The number of carbonyl (C=O) groups is 2. The number of aryl methyl sites for hydroxylation is 1. The second-order valence-electron chi connectivity index (χ2n) is 9.10. The molecule has 0 bridgehead atoms. The number of nitrogens with zero attached hydrogens (tertiary/aromatic N) is 1. The first kappa shape index (κ1) is 25.6. The van der Waals surface area contributed by atoms with Crippen molar-refractivity contribution in [1.29, 1.82) is 0 Å². The van der Waals surface area contributed by atoms with Crippen LogP contribution in [0.5, 0.6) is 0 Å². The molecule has 1 amide bonds. The van der Waals surface area contributed by atoms with Crippen molar-refractivity contribution in [3.8, 4) is 11.1 Å². The molecule has 6 nitrogen and oxygen atoms in total. The van der Waals surface area contributed by atoms with E-state index in [0.29, 0.717) is 15.8 Å². The maximum absolute atomic E-state index is 15.0. The molecule has 0 aliphatic carbocycles. The molecule has 0 fully saturated rings. The van der Waals surface area contributed by atoms with Gasteiger partial charge in [-0.3, -0.25) is 10.2 Å². The molecule has 36 heavy (non-hydrogen) atoms. The number of carbonyl (C=O) groups excluding carboxylic acids is 1. The average Bonchev–Trinajstić information content (AvgIpc) is 3.42. The van der Waals surface area contributed by atoms with E-state index in [1.54, 1.807) is 20.1 Å². The van der Waals surface area contributed by atoms with Crippen LogP contribution in [0.2, 0.25) is 0 Å². The lowest BCUT2D eigenvalue weighted by atomic mass is 10.0. The molecule has 0 radical (unpaired) electrons. The van der Waals surface area contributed by atoms with E-state index in [-0.39, 0.29) is 11.3 Å². The van der Waals surface area contributed by atoms with E-state index in [9.17, 15) is 23.5 Å². The van der Waals surface area contributed by atoms with Gasteiger partial charge in [-0.25, -0.2) is 13.6 Å². The first-order valence-corrected chi connectivity index (χ1v) is 13.2. The Morgan fingerprint density at radius 1 is 0.944 bits per heavy atom. The Morgan fingerprint density at radius 2 is 1.58 bits per heavy atom. The van der Waals surface area contributed by atoms with E-state index >= 15 is 4.48 Å². The van der Waals surface area contributed by atoms with Gasteiger partial charge >= 0.3 is 5.97 Å². The zero-order chi connectivity index (χ0) is 26.4. The maximum atomic E-state index is 15.0. The second kappa shape index (κ2) is 9.51. The second-order valence-corrected chi connectivity index (χ2v) is 12.1. The Bertz CT molecular complexity index is 1370. The molecule has 3 N–H and O–H groups in total. The van der Waals surface area contributed by atoms with E-state index in [1.807, 2.05) is 25.1 Å². The molecule has 0 aromatic heterocycles. The van der Waals surface area contributed by atoms with E-state index < -0.39 is 45.7 Å². The number of carboxylic acids is 1. The SMILES string of the molecule is Cc1ccc2c(c1)S2(C)N(F)Nc1ccc(-c2ccc(C(=O)NC(C(=O)O)C(C)C)c(F)c2)cc1F. The lowest BCUT2D eigenvalue weighted by Crippen LogP contribution is -2.44. The third-order valence-electron chi connectivity index (χ3n) is 6.18. The molecular formula is C26H26F3N3O3S. The van der Waals surface area contributed by atoms with Crippen molar-refractivity contribution in [1.82, 2.24) is 9.95 Å². The third-order valence-corrected chi connectivity index (χ3v) is 9.11. The fourth-order valence-electron chi connectivity index (χ4n) is 3.94. The van der Waals surface area contributed by atoms with Crippen molar-refractivity contribution in [3.63, 3.8) is 0 Å². The summed E-state index contributed by atoms with van der Waals surface area (Å²) < 4.78 is 45.0. The fraction of sp³-hybridized carbons (Fsp3) is 0.231. The van der Waals surface area contributed by atoms with Crippen molar-refractivity contribution in [2.45, 2.75) is 36.6 Å². The maximum Gasteiger partial charge on any atom is 0.326 e. The first-order valence-electron chi connectivity index (χ1n) is 11.2. The molecule has 1 aliphatic rings. The van der Waals surface area contributed by atoms with Gasteiger partial charge in [0.05, 0.1) is 11.3 Å². The summed E-state index contributed by atoms with van der Waals surface area (Å²) in [7, 11) is -1.99. The van der Waals surface area contributed by atoms with Crippen LogP contribution in [0.4, 0.5) is 18.9 Å². The standard InChI is InChI=1S/C26H26F3N3O3S/c1-14(2)24(26(34)35)30-25(33)18-8-6-16(12-19(18)27)17-7-9-21(20(28)13-17)31-32(29)36(4)22-10-5-15(3)11-23(22)36/h5-14,24,31H,1-4H3,(H,30,33)(H,34,35). The smallest absolute Gasteiger partial charge is 0.326 e. The summed E-state index contributed by atoms with van der Waals surface area (Å²) in [6, 6.07) is 12.2. The van der Waals surface area contributed by atoms with Gasteiger partial charge in [-0.1, -0.05) is 42.3 Å². The van der Waals surface area contributed by atoms with Crippen LogP contribution in [0.15, 0.2) is 64.4 Å². The average molecular weight is 518 g/mol. The highest BCUT2D eigenvalue weighted by atomic mass is 32.3. The Labute approximate surface area is 208 Å². The van der Waals surface area contributed by atoms with Crippen LogP contribution >= 0.6 is 10.2 Å². The molecule has 0 saturated carbocycles. The highest BCUT2D eigenvalue weighted by Gasteiger charge is 2.48. The minimum absolute atomic E-state index is 0.0747. The number of carboxylic acid groups (broad SMARTS) is 1. The lowest BCUT2D eigenvalue weighted by Gasteiger charge is -2.25. The van der Waals surface area contributed by atoms with Gasteiger partial charge in [-0.2, -0.15) is 0 Å². The van der Waals surface area contributed by atoms with E-state index in [0.717, 1.165) is 27.5 Å². The van der Waals surface area contributed by atoms with Crippen LogP contribution in [-0.4, -0.2) is 33.9 Å². The van der Waals surface area contributed by atoms with Gasteiger partial charge in [0.15, 0.2) is 0 Å². The first-order chi connectivity index (χ1) is 16.9. The van der Waals surface area contributed by atoms with E-state index in [2.05, 4.69) is 10.7 Å². The number of hydrogen-bond acceptors (Lipinski definition) is 4. The van der Waals surface area contributed by atoms with Crippen LogP contribution in [-0.2, 0) is 4.79 Å². The molecule has 3 aromatic carbocycles. The van der Waals surface area contributed by atoms with Crippen LogP contribution in [0.1, 0.15) is 29.8 Å². The number of benzene rings is 3. The van der Waals surface area contributed by atoms with Crippen molar-refractivity contribution in [2.24, 2.45) is 5.92 Å². The summed E-state index contributed by atoms with van der Waals surface area (Å²) >= 11 is 0. The Kier molecular flexibility index (Phi) is 6.76. The number of rotatable bonds is 8. The van der Waals surface area contributed by atoms with Gasteiger partial charge in [0.25, 0.3) is 5.91 Å². The number of halogens is 3. The number of amides is 1. The predicted molar refractivity (Wildman–Crippen MR) is 133 cm³/mol. The van der Waals surface area contributed by atoms with Crippen LogP contribution in [0.3, 0.4) is 0 Å². The fourth-order valence-corrected chi connectivity index (χ4v) is 6.45. The molecule has 1 aliphatic heterocycles. The van der Waals surface area contributed by atoms with Crippen LogP contribution < -0.4 is 10.7 Å². The third kappa shape index (κ3) is 4.66. The summed E-state index contributed by atoms with van der Waals surface area (Å²) in [6.45, 7) is 5.17. The highest BCUT2D eigenvalue weighted by Crippen LogP contribution is 2.78. The summed E-state index contributed by atoms with van der Waals surface area (Å²) in [5.41, 5.74) is 3.72. The van der Waals surface area contributed by atoms with Gasteiger partial charge in [0.1, 0.15) is 17.7 Å². The molecule has 1 heterocycles. The number of hydrogen-bond donors (Lipinski definition) is 3. The van der Waals surface area contributed by atoms with Crippen molar-refractivity contribution < 1.29 is 28.0 Å². The van der Waals surface area contributed by atoms with Gasteiger partial charge in [0.2, 0.25) is 0 Å². The number of aliphatic carboxylic acids is 1.